The number of hydrogen-bond donors (Lipinski definition) is 2. The van der Waals surface area contributed by atoms with E-state index in [0.29, 0.717) is 12.3 Å². The second-order valence-corrected chi connectivity index (χ2v) is 6.43. The molecule has 7 heteroatoms. The Bertz CT molecular complexity index is 550. The third-order valence-corrected chi connectivity index (χ3v) is 4.21. The van der Waals surface area contributed by atoms with Crippen molar-refractivity contribution < 1.29 is 13.9 Å². The van der Waals surface area contributed by atoms with Crippen LogP contribution >= 0.6 is 0 Å². The van der Waals surface area contributed by atoms with E-state index >= 15 is 0 Å². The molecule has 1 saturated heterocycles. The Morgan fingerprint density at radius 1 is 1.31 bits per heavy atom. The number of unbranched alkanes of at least 4 members (excludes halogenated alkanes) is 1. The molecule has 1 fully saturated rings. The summed E-state index contributed by atoms with van der Waals surface area (Å²) in [6, 6.07) is 6.18. The summed E-state index contributed by atoms with van der Waals surface area (Å²) in [5.74, 6) is 0.994. The van der Waals surface area contributed by atoms with E-state index in [1.807, 2.05) is 6.92 Å². The monoisotopic (exact) mass is 366 g/mol. The van der Waals surface area contributed by atoms with Gasteiger partial charge < -0.3 is 20.1 Å². The quantitative estimate of drug-likeness (QED) is 0.397. The van der Waals surface area contributed by atoms with Crippen LogP contribution in [0, 0.1) is 5.82 Å². The van der Waals surface area contributed by atoms with E-state index in [0.717, 1.165) is 58.2 Å². The lowest BCUT2D eigenvalue weighted by Crippen LogP contribution is -2.42. The fourth-order valence-corrected chi connectivity index (χ4v) is 2.77. The number of aliphatic imine (C=N–C) groups is 1. The third kappa shape index (κ3) is 8.01. The summed E-state index contributed by atoms with van der Waals surface area (Å²) in [7, 11) is 1.75. The average molecular weight is 366 g/mol. The predicted molar refractivity (Wildman–Crippen MR) is 102 cm³/mol. The number of guanidine groups is 1. The van der Waals surface area contributed by atoms with Crippen molar-refractivity contribution >= 4 is 5.96 Å². The fraction of sp³-hybridized carbons (Fsp3) is 0.632. The van der Waals surface area contributed by atoms with Gasteiger partial charge in [0.05, 0.1) is 19.8 Å². The van der Waals surface area contributed by atoms with Crippen molar-refractivity contribution in [1.82, 2.24) is 15.5 Å². The fourth-order valence-electron chi connectivity index (χ4n) is 2.77. The molecule has 146 valence electrons. The number of benzene rings is 1. The summed E-state index contributed by atoms with van der Waals surface area (Å²) >= 11 is 0. The highest BCUT2D eigenvalue weighted by molar-refractivity contribution is 5.79. The molecule has 1 aromatic carbocycles. The Labute approximate surface area is 155 Å². The van der Waals surface area contributed by atoms with Crippen LogP contribution in [-0.4, -0.2) is 69.9 Å². The summed E-state index contributed by atoms with van der Waals surface area (Å²) in [4.78, 5) is 6.67. The first-order chi connectivity index (χ1) is 12.7. The van der Waals surface area contributed by atoms with Gasteiger partial charge in [0.15, 0.2) is 5.96 Å². The zero-order chi connectivity index (χ0) is 18.6. The summed E-state index contributed by atoms with van der Waals surface area (Å²) in [5, 5.41) is 6.55. The molecule has 1 unspecified atom stereocenters. The van der Waals surface area contributed by atoms with Gasteiger partial charge in [-0.05, 0) is 38.4 Å². The molecule has 1 aromatic rings. The molecule has 0 aliphatic carbocycles. The third-order valence-electron chi connectivity index (χ3n) is 4.21. The molecule has 26 heavy (non-hydrogen) atoms. The van der Waals surface area contributed by atoms with Crippen LogP contribution in [0.4, 0.5) is 4.39 Å². The van der Waals surface area contributed by atoms with Crippen molar-refractivity contribution in [2.75, 3.05) is 53.0 Å². The second-order valence-electron chi connectivity index (χ2n) is 6.43. The van der Waals surface area contributed by atoms with Gasteiger partial charge in [0.2, 0.25) is 0 Å². The van der Waals surface area contributed by atoms with Gasteiger partial charge in [-0.25, -0.2) is 4.39 Å². The highest BCUT2D eigenvalue weighted by atomic mass is 19.1. The normalized spacial score (nSPS) is 17.0. The molecule has 2 rings (SSSR count). The van der Waals surface area contributed by atoms with E-state index in [1.165, 1.54) is 12.1 Å². The molecule has 0 saturated carbocycles. The van der Waals surface area contributed by atoms with Crippen LogP contribution in [0.1, 0.15) is 19.8 Å². The van der Waals surface area contributed by atoms with Gasteiger partial charge in [0.25, 0.3) is 0 Å². The Morgan fingerprint density at radius 3 is 2.85 bits per heavy atom. The number of rotatable bonds is 9. The van der Waals surface area contributed by atoms with Gasteiger partial charge in [-0.15, -0.1) is 0 Å². The topological polar surface area (TPSA) is 58.1 Å². The van der Waals surface area contributed by atoms with Crippen molar-refractivity contribution in [3.63, 3.8) is 0 Å². The van der Waals surface area contributed by atoms with Crippen LogP contribution in [0.3, 0.4) is 0 Å². The number of nitrogens with zero attached hydrogens (tertiary/aromatic N) is 2. The summed E-state index contributed by atoms with van der Waals surface area (Å²) in [6.45, 7) is 8.31. The zero-order valence-electron chi connectivity index (χ0n) is 15.8. The minimum Gasteiger partial charge on any atom is -0.489 e. The first-order valence-corrected chi connectivity index (χ1v) is 9.34. The van der Waals surface area contributed by atoms with E-state index in [4.69, 9.17) is 9.47 Å². The van der Waals surface area contributed by atoms with Gasteiger partial charge in [-0.1, -0.05) is 6.07 Å². The van der Waals surface area contributed by atoms with E-state index in [2.05, 4.69) is 20.5 Å². The lowest BCUT2D eigenvalue weighted by molar-refractivity contribution is 0.0372. The molecule has 1 aliphatic rings. The van der Waals surface area contributed by atoms with E-state index in [1.54, 1.807) is 19.2 Å². The Morgan fingerprint density at radius 2 is 2.12 bits per heavy atom. The summed E-state index contributed by atoms with van der Waals surface area (Å²) in [6.07, 6.45) is 2.15. The standard InChI is InChI=1S/C19H31FN4O2/c1-16(26-18-7-5-6-17(20)14-18)15-23-19(21-2)22-8-3-4-9-24-10-12-25-13-11-24/h5-7,14,16H,3-4,8-13,15H2,1-2H3,(H2,21,22,23). The maximum Gasteiger partial charge on any atom is 0.191 e. The molecule has 0 aromatic heterocycles. The van der Waals surface area contributed by atoms with Gasteiger partial charge in [-0.2, -0.15) is 0 Å². The number of ether oxygens (including phenoxy) is 2. The average Bonchev–Trinajstić information content (AvgIpc) is 2.65. The SMILES string of the molecule is CN=C(NCCCCN1CCOCC1)NCC(C)Oc1cccc(F)c1. The highest BCUT2D eigenvalue weighted by Crippen LogP contribution is 2.13. The zero-order valence-corrected chi connectivity index (χ0v) is 15.8. The van der Waals surface area contributed by atoms with Crippen LogP contribution in [-0.2, 0) is 4.74 Å². The van der Waals surface area contributed by atoms with Crippen molar-refractivity contribution in [2.45, 2.75) is 25.9 Å². The minimum atomic E-state index is -0.294. The van der Waals surface area contributed by atoms with Crippen LogP contribution < -0.4 is 15.4 Å². The molecule has 0 radical (unpaired) electrons. The largest absolute Gasteiger partial charge is 0.489 e. The maximum absolute atomic E-state index is 13.2. The molecule has 6 nitrogen and oxygen atoms in total. The lowest BCUT2D eigenvalue weighted by Gasteiger charge is -2.26. The van der Waals surface area contributed by atoms with Crippen LogP contribution in [0.2, 0.25) is 0 Å². The van der Waals surface area contributed by atoms with Crippen LogP contribution in [0.25, 0.3) is 0 Å². The van der Waals surface area contributed by atoms with E-state index in [9.17, 15) is 4.39 Å². The smallest absolute Gasteiger partial charge is 0.191 e. The Hall–Kier alpha value is -1.86. The molecule has 1 aliphatic heterocycles. The number of halogens is 1. The predicted octanol–water partition coefficient (Wildman–Crippen LogP) is 1.87. The number of hydrogen-bond acceptors (Lipinski definition) is 4. The summed E-state index contributed by atoms with van der Waals surface area (Å²) in [5.41, 5.74) is 0. The first-order valence-electron chi connectivity index (χ1n) is 9.34. The number of nitrogens with one attached hydrogen (secondary N) is 2. The van der Waals surface area contributed by atoms with Crippen molar-refractivity contribution in [3.05, 3.63) is 30.1 Å². The molecule has 1 atom stereocenters. The van der Waals surface area contributed by atoms with Crippen LogP contribution in [0.5, 0.6) is 5.75 Å². The number of morpholine rings is 1. The summed E-state index contributed by atoms with van der Waals surface area (Å²) < 4.78 is 24.2. The Balaban J connectivity index is 1.56. The van der Waals surface area contributed by atoms with E-state index in [-0.39, 0.29) is 11.9 Å². The molecule has 0 spiro atoms. The molecular weight excluding hydrogens is 335 g/mol. The molecule has 0 bridgehead atoms. The second kappa shape index (κ2) is 11.7. The van der Waals surface area contributed by atoms with Gasteiger partial charge >= 0.3 is 0 Å². The highest BCUT2D eigenvalue weighted by Gasteiger charge is 2.09. The molecule has 1 heterocycles. The maximum atomic E-state index is 13.2. The lowest BCUT2D eigenvalue weighted by atomic mass is 10.2. The van der Waals surface area contributed by atoms with Crippen molar-refractivity contribution in [1.29, 1.82) is 0 Å². The Kier molecular flexibility index (Phi) is 9.20. The van der Waals surface area contributed by atoms with Crippen molar-refractivity contribution in [3.8, 4) is 5.75 Å². The van der Waals surface area contributed by atoms with Gasteiger partial charge in [0, 0.05) is 32.7 Å². The van der Waals surface area contributed by atoms with Crippen LogP contribution in [0.15, 0.2) is 29.3 Å². The molecular formula is C19H31FN4O2. The van der Waals surface area contributed by atoms with Gasteiger partial charge in [0.1, 0.15) is 17.7 Å². The van der Waals surface area contributed by atoms with Gasteiger partial charge in [-0.3, -0.25) is 9.89 Å². The van der Waals surface area contributed by atoms with E-state index < -0.39 is 0 Å². The molecule has 2 N–H and O–H groups in total. The molecule has 0 amide bonds. The minimum absolute atomic E-state index is 0.100. The van der Waals surface area contributed by atoms with Crippen molar-refractivity contribution in [2.24, 2.45) is 4.99 Å². The first kappa shape index (κ1) is 20.5.